The molecule has 16 heavy (non-hydrogen) atoms. The Balaban J connectivity index is 1.69. The van der Waals surface area contributed by atoms with Gasteiger partial charge in [0.1, 0.15) is 0 Å². The maximum absolute atomic E-state index is 6.04. The molecule has 0 radical (unpaired) electrons. The van der Waals surface area contributed by atoms with Crippen LogP contribution in [0.1, 0.15) is 18.4 Å². The lowest BCUT2D eigenvalue weighted by atomic mass is 10.2. The predicted molar refractivity (Wildman–Crippen MR) is 69.7 cm³/mol. The molecule has 0 unspecified atom stereocenters. The van der Waals surface area contributed by atoms with Gasteiger partial charge in [-0.05, 0) is 35.2 Å². The van der Waals surface area contributed by atoms with Crippen LogP contribution in [-0.4, -0.2) is 12.1 Å². The topological polar surface area (TPSA) is 38.0 Å². The second-order valence-electron chi connectivity index (χ2n) is 4.72. The van der Waals surface area contributed by atoms with Gasteiger partial charge in [-0.15, -0.1) is 11.3 Å². The highest BCUT2D eigenvalue weighted by Gasteiger charge is 2.37. The number of hydrogen-bond acceptors (Lipinski definition) is 3. The van der Waals surface area contributed by atoms with Gasteiger partial charge in [0.15, 0.2) is 0 Å². The van der Waals surface area contributed by atoms with Crippen molar-refractivity contribution in [2.75, 3.05) is 6.54 Å². The maximum Gasteiger partial charge on any atom is 0.0346 e. The minimum Gasteiger partial charge on any atom is -0.324 e. The Kier molecular flexibility index (Phi) is 2.46. The fraction of sp³-hybridized carbons (Fsp3) is 0.385. The third-order valence-corrected chi connectivity index (χ3v) is 4.26. The summed E-state index contributed by atoms with van der Waals surface area (Å²) in [7, 11) is 0. The van der Waals surface area contributed by atoms with Crippen LogP contribution in [0.5, 0.6) is 0 Å². The maximum atomic E-state index is 6.04. The van der Waals surface area contributed by atoms with Crippen LogP contribution in [0.3, 0.4) is 0 Å². The Labute approximate surface area is 99.5 Å². The van der Waals surface area contributed by atoms with Gasteiger partial charge < -0.3 is 11.1 Å². The van der Waals surface area contributed by atoms with Crippen LogP contribution in [-0.2, 0) is 6.54 Å². The lowest BCUT2D eigenvalue weighted by Gasteiger charge is -2.09. The summed E-state index contributed by atoms with van der Waals surface area (Å²) in [6.45, 7) is 1.88. The first-order chi connectivity index (χ1) is 7.77. The van der Waals surface area contributed by atoms with Crippen LogP contribution < -0.4 is 11.1 Å². The normalized spacial score (nSPS) is 17.8. The van der Waals surface area contributed by atoms with E-state index in [0.29, 0.717) is 0 Å². The Morgan fingerprint density at radius 1 is 1.31 bits per heavy atom. The van der Waals surface area contributed by atoms with Gasteiger partial charge in [0, 0.05) is 23.3 Å². The van der Waals surface area contributed by atoms with E-state index in [-0.39, 0.29) is 5.54 Å². The minimum atomic E-state index is 0.103. The lowest BCUT2D eigenvalue weighted by Crippen LogP contribution is -2.35. The summed E-state index contributed by atoms with van der Waals surface area (Å²) in [5.74, 6) is 0. The molecule has 84 valence electrons. The largest absolute Gasteiger partial charge is 0.324 e. The van der Waals surface area contributed by atoms with Crippen molar-refractivity contribution in [3.63, 3.8) is 0 Å². The van der Waals surface area contributed by atoms with Gasteiger partial charge in [0.25, 0.3) is 0 Å². The van der Waals surface area contributed by atoms with Crippen LogP contribution in [0.4, 0.5) is 0 Å². The fourth-order valence-electron chi connectivity index (χ4n) is 1.95. The highest BCUT2D eigenvalue weighted by atomic mass is 32.1. The van der Waals surface area contributed by atoms with Crippen molar-refractivity contribution >= 4 is 21.4 Å². The number of benzene rings is 1. The van der Waals surface area contributed by atoms with Crippen molar-refractivity contribution in [2.24, 2.45) is 5.73 Å². The van der Waals surface area contributed by atoms with Gasteiger partial charge in [0.05, 0.1) is 0 Å². The number of nitrogens with two attached hydrogens (primary N) is 1. The van der Waals surface area contributed by atoms with E-state index in [1.807, 2.05) is 11.3 Å². The SMILES string of the molecule is NC1(CNCc2csc3ccccc23)CC1. The van der Waals surface area contributed by atoms with Crippen molar-refractivity contribution < 1.29 is 0 Å². The molecular weight excluding hydrogens is 216 g/mol. The Morgan fingerprint density at radius 3 is 2.94 bits per heavy atom. The first-order valence-corrected chi connectivity index (χ1v) is 6.60. The Hall–Kier alpha value is -0.900. The average Bonchev–Trinajstić information content (AvgIpc) is 2.89. The molecule has 1 fully saturated rings. The summed E-state index contributed by atoms with van der Waals surface area (Å²) in [5.41, 5.74) is 7.54. The van der Waals surface area contributed by atoms with Crippen molar-refractivity contribution in [1.82, 2.24) is 5.32 Å². The van der Waals surface area contributed by atoms with E-state index in [4.69, 9.17) is 5.73 Å². The monoisotopic (exact) mass is 232 g/mol. The van der Waals surface area contributed by atoms with Crippen LogP contribution >= 0.6 is 11.3 Å². The third kappa shape index (κ3) is 1.98. The third-order valence-electron chi connectivity index (χ3n) is 3.25. The zero-order chi connectivity index (χ0) is 11.0. The highest BCUT2D eigenvalue weighted by molar-refractivity contribution is 7.17. The van der Waals surface area contributed by atoms with Gasteiger partial charge in [0.2, 0.25) is 0 Å². The molecule has 2 nitrogen and oxygen atoms in total. The molecule has 0 saturated heterocycles. The molecule has 3 rings (SSSR count). The Bertz CT molecular complexity index is 499. The van der Waals surface area contributed by atoms with E-state index in [9.17, 15) is 0 Å². The minimum absolute atomic E-state index is 0.103. The standard InChI is InChI=1S/C13H16N2S/c14-13(5-6-13)9-15-7-10-8-16-12-4-2-1-3-11(10)12/h1-4,8,15H,5-7,9,14H2. The highest BCUT2D eigenvalue weighted by Crippen LogP contribution is 2.31. The van der Waals surface area contributed by atoms with Crippen molar-refractivity contribution in [3.05, 3.63) is 35.2 Å². The van der Waals surface area contributed by atoms with E-state index in [1.165, 1.54) is 28.5 Å². The molecule has 2 aromatic rings. The van der Waals surface area contributed by atoms with E-state index >= 15 is 0 Å². The molecule has 1 aromatic heterocycles. The summed E-state index contributed by atoms with van der Waals surface area (Å²) in [6, 6.07) is 8.56. The van der Waals surface area contributed by atoms with Crippen molar-refractivity contribution in [3.8, 4) is 0 Å². The first-order valence-electron chi connectivity index (χ1n) is 5.72. The molecule has 1 aromatic carbocycles. The number of rotatable bonds is 4. The zero-order valence-electron chi connectivity index (χ0n) is 9.20. The lowest BCUT2D eigenvalue weighted by molar-refractivity contribution is 0.571. The summed E-state index contributed by atoms with van der Waals surface area (Å²) in [4.78, 5) is 0. The first kappa shape index (κ1) is 10.3. The average molecular weight is 232 g/mol. The van der Waals surface area contributed by atoms with E-state index in [1.54, 1.807) is 0 Å². The number of nitrogens with one attached hydrogen (secondary N) is 1. The van der Waals surface area contributed by atoms with Crippen LogP contribution in [0, 0.1) is 0 Å². The second kappa shape index (κ2) is 3.84. The predicted octanol–water partition coefficient (Wildman–Crippen LogP) is 2.48. The fourth-order valence-corrected chi connectivity index (χ4v) is 2.92. The van der Waals surface area contributed by atoms with Gasteiger partial charge in [-0.2, -0.15) is 0 Å². The zero-order valence-corrected chi connectivity index (χ0v) is 10.0. The molecule has 3 heteroatoms. The molecule has 0 aliphatic heterocycles. The quantitative estimate of drug-likeness (QED) is 0.850. The molecule has 1 heterocycles. The summed E-state index contributed by atoms with van der Waals surface area (Å²) in [6.07, 6.45) is 2.34. The molecule has 0 atom stereocenters. The van der Waals surface area contributed by atoms with E-state index in [0.717, 1.165) is 13.1 Å². The van der Waals surface area contributed by atoms with Crippen LogP contribution in [0.2, 0.25) is 0 Å². The Morgan fingerprint density at radius 2 is 2.12 bits per heavy atom. The van der Waals surface area contributed by atoms with Gasteiger partial charge in [-0.1, -0.05) is 18.2 Å². The number of fused-ring (bicyclic) bond motifs is 1. The summed E-state index contributed by atoms with van der Waals surface area (Å²) < 4.78 is 1.37. The molecule has 0 amide bonds. The second-order valence-corrected chi connectivity index (χ2v) is 5.63. The molecule has 1 aliphatic rings. The van der Waals surface area contributed by atoms with Gasteiger partial charge in [-0.3, -0.25) is 0 Å². The van der Waals surface area contributed by atoms with E-state index in [2.05, 4.69) is 35.0 Å². The molecule has 1 saturated carbocycles. The molecule has 0 spiro atoms. The number of thiophene rings is 1. The number of hydrogen-bond donors (Lipinski definition) is 2. The summed E-state index contributed by atoms with van der Waals surface area (Å²) in [5, 5.41) is 7.08. The van der Waals surface area contributed by atoms with Crippen LogP contribution in [0.15, 0.2) is 29.6 Å². The molecule has 3 N–H and O–H groups in total. The van der Waals surface area contributed by atoms with Crippen molar-refractivity contribution in [2.45, 2.75) is 24.9 Å². The smallest absolute Gasteiger partial charge is 0.0346 e. The van der Waals surface area contributed by atoms with Gasteiger partial charge in [-0.25, -0.2) is 0 Å². The molecule has 0 bridgehead atoms. The van der Waals surface area contributed by atoms with Crippen LogP contribution in [0.25, 0.3) is 10.1 Å². The molecular formula is C13H16N2S. The van der Waals surface area contributed by atoms with Crippen molar-refractivity contribution in [1.29, 1.82) is 0 Å². The van der Waals surface area contributed by atoms with E-state index < -0.39 is 0 Å². The summed E-state index contributed by atoms with van der Waals surface area (Å²) >= 11 is 1.82. The molecule has 1 aliphatic carbocycles. The van der Waals surface area contributed by atoms with Gasteiger partial charge >= 0.3 is 0 Å².